The van der Waals surface area contributed by atoms with Crippen LogP contribution in [0.1, 0.15) is 10.4 Å². The number of rotatable bonds is 1. The molecule has 1 aromatic rings. The zero-order valence-electron chi connectivity index (χ0n) is 7.67. The molecule has 0 saturated heterocycles. The second kappa shape index (κ2) is 3.10. The Morgan fingerprint density at radius 2 is 2.07 bits per heavy atom. The predicted octanol–water partition coefficient (Wildman–Crippen LogP) is 1.22. The van der Waals surface area contributed by atoms with Gasteiger partial charge in [0, 0.05) is 7.05 Å². The first-order valence-electron chi connectivity index (χ1n) is 4.19. The molecular weight excluding hydrogens is 182 g/mol. The lowest BCUT2D eigenvalue weighted by Crippen LogP contribution is -2.41. The normalized spacial score (nSPS) is 15.4. The van der Waals surface area contributed by atoms with Crippen molar-refractivity contribution < 1.29 is 4.79 Å². The van der Waals surface area contributed by atoms with Crippen LogP contribution >= 0.6 is 0 Å². The van der Waals surface area contributed by atoms with Gasteiger partial charge in [0.25, 0.3) is 5.91 Å². The van der Waals surface area contributed by atoms with Gasteiger partial charge in [-0.15, -0.1) is 4.91 Å². The molecule has 0 saturated carbocycles. The Labute approximate surface area is 80.9 Å². The van der Waals surface area contributed by atoms with Crippen molar-refractivity contribution in [2.24, 2.45) is 5.29 Å². The first-order chi connectivity index (χ1) is 6.74. The molecular formula is C9H9N3O2. The molecule has 0 aliphatic carbocycles. The molecule has 14 heavy (non-hydrogen) atoms. The molecule has 5 heteroatoms. The van der Waals surface area contributed by atoms with Crippen LogP contribution in [0.4, 0.5) is 5.69 Å². The third-order valence-corrected chi connectivity index (χ3v) is 2.20. The van der Waals surface area contributed by atoms with E-state index in [4.69, 9.17) is 0 Å². The van der Waals surface area contributed by atoms with Gasteiger partial charge in [0.2, 0.25) is 0 Å². The Morgan fingerprint density at radius 1 is 1.36 bits per heavy atom. The van der Waals surface area contributed by atoms with Crippen LogP contribution in [0.15, 0.2) is 29.6 Å². The second-order valence-electron chi connectivity index (χ2n) is 3.14. The first kappa shape index (κ1) is 8.68. The van der Waals surface area contributed by atoms with Gasteiger partial charge in [0.15, 0.2) is 0 Å². The van der Waals surface area contributed by atoms with E-state index in [-0.39, 0.29) is 12.6 Å². The summed E-state index contributed by atoms with van der Waals surface area (Å²) in [5.41, 5.74) is 1.09. The topological polar surface area (TPSA) is 53.0 Å². The lowest BCUT2D eigenvalue weighted by Gasteiger charge is -2.30. The van der Waals surface area contributed by atoms with Gasteiger partial charge in [-0.2, -0.15) is 0 Å². The summed E-state index contributed by atoms with van der Waals surface area (Å²) in [6.07, 6.45) is 0. The fourth-order valence-corrected chi connectivity index (χ4v) is 1.50. The number of hydrogen-bond donors (Lipinski definition) is 0. The number of nitroso groups, excluding NO2 is 1. The molecule has 0 atom stereocenters. The van der Waals surface area contributed by atoms with Gasteiger partial charge < -0.3 is 4.90 Å². The van der Waals surface area contributed by atoms with Crippen LogP contribution in [0.25, 0.3) is 0 Å². The summed E-state index contributed by atoms with van der Waals surface area (Å²) in [5, 5.41) is 4.12. The second-order valence-corrected chi connectivity index (χ2v) is 3.14. The van der Waals surface area contributed by atoms with Crippen LogP contribution < -0.4 is 5.01 Å². The van der Waals surface area contributed by atoms with Crippen molar-refractivity contribution in [2.45, 2.75) is 0 Å². The Morgan fingerprint density at radius 3 is 2.79 bits per heavy atom. The average molecular weight is 191 g/mol. The first-order valence-corrected chi connectivity index (χ1v) is 4.19. The van der Waals surface area contributed by atoms with E-state index in [1.54, 1.807) is 31.3 Å². The van der Waals surface area contributed by atoms with E-state index in [9.17, 15) is 9.70 Å². The number of carbonyl (C=O) groups excluding carboxylic acids is 1. The van der Waals surface area contributed by atoms with E-state index in [0.717, 1.165) is 0 Å². The van der Waals surface area contributed by atoms with Crippen LogP contribution in [0.5, 0.6) is 0 Å². The fourth-order valence-electron chi connectivity index (χ4n) is 1.50. The fraction of sp³-hybridized carbons (Fsp3) is 0.222. The van der Waals surface area contributed by atoms with Crippen LogP contribution in [-0.2, 0) is 0 Å². The molecule has 0 fully saturated rings. The van der Waals surface area contributed by atoms with Gasteiger partial charge >= 0.3 is 0 Å². The average Bonchev–Trinajstić information content (AvgIpc) is 2.23. The lowest BCUT2D eigenvalue weighted by molar-refractivity contribution is 0.0782. The molecule has 5 nitrogen and oxygen atoms in total. The zero-order valence-corrected chi connectivity index (χ0v) is 7.67. The highest BCUT2D eigenvalue weighted by molar-refractivity contribution is 6.01. The van der Waals surface area contributed by atoms with E-state index >= 15 is 0 Å². The maximum Gasteiger partial charge on any atom is 0.257 e. The molecule has 0 radical (unpaired) electrons. The number of fused-ring (bicyclic) bond motifs is 1. The summed E-state index contributed by atoms with van der Waals surface area (Å²) in [4.78, 5) is 23.6. The highest BCUT2D eigenvalue weighted by Crippen LogP contribution is 2.26. The molecule has 0 aromatic heterocycles. The van der Waals surface area contributed by atoms with Gasteiger partial charge in [-0.25, -0.2) is 5.01 Å². The number of amides is 1. The number of para-hydroxylation sites is 1. The molecule has 0 N–H and O–H groups in total. The minimum Gasteiger partial charge on any atom is -0.322 e. The standard InChI is InChI=1S/C9H9N3O2/c1-11-6-12(10-14)8-5-3-2-4-7(8)9(11)13/h2-5H,6H2,1H3. The van der Waals surface area contributed by atoms with E-state index in [2.05, 4.69) is 5.29 Å². The molecule has 0 bridgehead atoms. The molecule has 1 aliphatic heterocycles. The van der Waals surface area contributed by atoms with Gasteiger partial charge in [-0.1, -0.05) is 12.1 Å². The van der Waals surface area contributed by atoms with Crippen molar-refractivity contribution in [2.75, 3.05) is 18.7 Å². The number of benzene rings is 1. The lowest BCUT2D eigenvalue weighted by atomic mass is 10.1. The third-order valence-electron chi connectivity index (χ3n) is 2.20. The molecule has 1 aliphatic rings. The number of anilines is 1. The highest BCUT2D eigenvalue weighted by Gasteiger charge is 2.26. The summed E-state index contributed by atoms with van der Waals surface area (Å²) < 4.78 is 0. The maximum absolute atomic E-state index is 11.6. The van der Waals surface area contributed by atoms with Crippen molar-refractivity contribution in [3.8, 4) is 0 Å². The smallest absolute Gasteiger partial charge is 0.257 e. The van der Waals surface area contributed by atoms with Crippen molar-refractivity contribution in [1.82, 2.24) is 4.90 Å². The Balaban J connectivity index is 2.54. The largest absolute Gasteiger partial charge is 0.322 e. The van der Waals surface area contributed by atoms with Crippen LogP contribution in [0.2, 0.25) is 0 Å². The number of hydrogen-bond acceptors (Lipinski definition) is 3. The Kier molecular flexibility index (Phi) is 1.92. The molecule has 1 amide bonds. The SMILES string of the molecule is CN1CN(N=O)c2ccccc2C1=O. The predicted molar refractivity (Wildman–Crippen MR) is 51.7 cm³/mol. The van der Waals surface area contributed by atoms with E-state index in [1.807, 2.05) is 0 Å². The van der Waals surface area contributed by atoms with Gasteiger partial charge in [0.1, 0.15) is 6.67 Å². The molecule has 0 spiro atoms. The Bertz CT molecular complexity index is 391. The van der Waals surface area contributed by atoms with Crippen molar-refractivity contribution in [3.05, 3.63) is 34.7 Å². The molecule has 2 rings (SSSR count). The maximum atomic E-state index is 11.6. The summed E-state index contributed by atoms with van der Waals surface area (Å²) in [5.74, 6) is -0.0829. The van der Waals surface area contributed by atoms with E-state index in [1.165, 1.54) is 9.91 Å². The van der Waals surface area contributed by atoms with Crippen LogP contribution in [0, 0.1) is 4.91 Å². The number of carbonyl (C=O) groups is 1. The quantitative estimate of drug-likeness (QED) is 0.627. The minimum atomic E-state index is -0.0829. The summed E-state index contributed by atoms with van der Waals surface area (Å²) in [6, 6.07) is 6.93. The molecule has 1 heterocycles. The molecule has 0 unspecified atom stereocenters. The van der Waals surface area contributed by atoms with E-state index < -0.39 is 0 Å². The van der Waals surface area contributed by atoms with Crippen LogP contribution in [0.3, 0.4) is 0 Å². The molecule has 1 aromatic carbocycles. The monoisotopic (exact) mass is 191 g/mol. The molecule has 72 valence electrons. The summed E-state index contributed by atoms with van der Waals surface area (Å²) in [7, 11) is 1.64. The number of nitrogens with zero attached hydrogens (tertiary/aromatic N) is 3. The van der Waals surface area contributed by atoms with E-state index in [0.29, 0.717) is 11.3 Å². The van der Waals surface area contributed by atoms with Gasteiger partial charge in [-0.3, -0.25) is 4.79 Å². The highest BCUT2D eigenvalue weighted by atomic mass is 16.3. The van der Waals surface area contributed by atoms with Crippen molar-refractivity contribution >= 4 is 11.6 Å². The minimum absolute atomic E-state index is 0.0829. The van der Waals surface area contributed by atoms with Gasteiger partial charge in [0.05, 0.1) is 16.5 Å². The third kappa shape index (κ3) is 1.14. The van der Waals surface area contributed by atoms with Crippen molar-refractivity contribution in [1.29, 1.82) is 0 Å². The van der Waals surface area contributed by atoms with Crippen molar-refractivity contribution in [3.63, 3.8) is 0 Å². The summed E-state index contributed by atoms with van der Waals surface area (Å²) in [6.45, 7) is 0.208. The van der Waals surface area contributed by atoms with Gasteiger partial charge in [-0.05, 0) is 12.1 Å². The summed E-state index contributed by atoms with van der Waals surface area (Å²) >= 11 is 0. The van der Waals surface area contributed by atoms with Crippen LogP contribution in [-0.4, -0.2) is 24.5 Å². The zero-order chi connectivity index (χ0) is 10.1. The Hall–Kier alpha value is -1.91.